The summed E-state index contributed by atoms with van der Waals surface area (Å²) in [5, 5.41) is 0. The van der Waals surface area contributed by atoms with Crippen LogP contribution < -0.4 is 9.47 Å². The van der Waals surface area contributed by atoms with Crippen molar-refractivity contribution < 1.29 is 28.5 Å². The summed E-state index contributed by atoms with van der Waals surface area (Å²) in [5.41, 5.74) is 1.83. The first-order chi connectivity index (χ1) is 16.0. The monoisotopic (exact) mass is 456 g/mol. The largest absolute Gasteiger partial charge is 0.496 e. The van der Waals surface area contributed by atoms with Crippen LogP contribution in [0.25, 0.3) is 0 Å². The third-order valence-corrected chi connectivity index (χ3v) is 5.45. The lowest BCUT2D eigenvalue weighted by Crippen LogP contribution is -2.33. The molecule has 2 aromatic carbocycles. The molecule has 0 radical (unpaired) electrons. The molecular formula is C27H36O6. The zero-order valence-electron chi connectivity index (χ0n) is 20.2. The molecule has 33 heavy (non-hydrogen) atoms. The maximum absolute atomic E-state index is 12.8. The minimum atomic E-state index is -1.05. The fraction of sp³-hybridized carbons (Fsp3) is 0.481. The summed E-state index contributed by atoms with van der Waals surface area (Å²) in [5.74, 6) is -1.39. The Bertz CT molecular complexity index is 846. The molecule has 1 atom stereocenters. The molecule has 0 aliphatic rings. The Kier molecular flexibility index (Phi) is 11.3. The average molecular weight is 457 g/mol. The van der Waals surface area contributed by atoms with Gasteiger partial charge in [-0.25, -0.2) is 0 Å². The van der Waals surface area contributed by atoms with Crippen molar-refractivity contribution in [2.24, 2.45) is 5.92 Å². The van der Waals surface area contributed by atoms with Gasteiger partial charge in [-0.15, -0.1) is 0 Å². The highest BCUT2D eigenvalue weighted by Crippen LogP contribution is 2.39. The third-order valence-electron chi connectivity index (χ3n) is 5.45. The smallest absolute Gasteiger partial charge is 0.320 e. The normalized spacial score (nSPS) is 11.7. The van der Waals surface area contributed by atoms with Gasteiger partial charge < -0.3 is 18.9 Å². The highest BCUT2D eigenvalue weighted by Gasteiger charge is 2.39. The van der Waals surface area contributed by atoms with Crippen LogP contribution in [0.15, 0.2) is 48.5 Å². The lowest BCUT2D eigenvalue weighted by atomic mass is 9.81. The van der Waals surface area contributed by atoms with Gasteiger partial charge in [0.25, 0.3) is 0 Å². The lowest BCUT2D eigenvalue weighted by molar-refractivity contribution is -0.163. The van der Waals surface area contributed by atoms with Gasteiger partial charge in [-0.2, -0.15) is 0 Å². The van der Waals surface area contributed by atoms with Crippen molar-refractivity contribution in [1.82, 2.24) is 0 Å². The molecule has 180 valence electrons. The Hall–Kier alpha value is -3.02. The van der Waals surface area contributed by atoms with Crippen LogP contribution in [-0.4, -0.2) is 32.3 Å². The van der Waals surface area contributed by atoms with Crippen LogP contribution in [0, 0.1) is 5.92 Å². The highest BCUT2D eigenvalue weighted by molar-refractivity contribution is 5.96. The van der Waals surface area contributed by atoms with E-state index >= 15 is 0 Å². The minimum Gasteiger partial charge on any atom is -0.496 e. The molecule has 6 nitrogen and oxygen atoms in total. The SMILES string of the molecule is CCCCCC(c1ccc(OCc2ccccc2)cc1OC)C(C(=O)OCC)C(=O)OCC. The van der Waals surface area contributed by atoms with Gasteiger partial charge in [0.05, 0.1) is 20.3 Å². The minimum absolute atomic E-state index is 0.194. The number of benzene rings is 2. The van der Waals surface area contributed by atoms with Crippen molar-refractivity contribution in [3.8, 4) is 11.5 Å². The Morgan fingerprint density at radius 2 is 1.55 bits per heavy atom. The summed E-state index contributed by atoms with van der Waals surface area (Å²) in [6, 6.07) is 15.4. The Balaban J connectivity index is 2.37. The van der Waals surface area contributed by atoms with Gasteiger partial charge in [-0.05, 0) is 37.5 Å². The molecule has 1 unspecified atom stereocenters. The van der Waals surface area contributed by atoms with E-state index in [-0.39, 0.29) is 13.2 Å². The second-order valence-electron chi connectivity index (χ2n) is 7.76. The van der Waals surface area contributed by atoms with Crippen molar-refractivity contribution in [3.05, 3.63) is 59.7 Å². The lowest BCUT2D eigenvalue weighted by Gasteiger charge is -2.26. The fourth-order valence-corrected chi connectivity index (χ4v) is 3.83. The van der Waals surface area contributed by atoms with E-state index in [0.29, 0.717) is 24.5 Å². The van der Waals surface area contributed by atoms with Crippen LogP contribution in [0.3, 0.4) is 0 Å². The standard InChI is InChI=1S/C27H36O6/c1-5-8-10-15-23(25(26(28)31-6-2)27(29)32-7-3)22-17-16-21(18-24(22)30-4)33-19-20-13-11-9-12-14-20/h9,11-14,16-18,23,25H,5-8,10,15,19H2,1-4H3. The van der Waals surface area contributed by atoms with E-state index < -0.39 is 23.8 Å². The molecule has 0 aromatic heterocycles. The molecule has 0 saturated carbocycles. The molecule has 0 saturated heterocycles. The number of carbonyl (C=O) groups is 2. The summed E-state index contributed by atoms with van der Waals surface area (Å²) in [7, 11) is 1.58. The zero-order valence-corrected chi connectivity index (χ0v) is 20.2. The van der Waals surface area contributed by atoms with Gasteiger partial charge in [0.15, 0.2) is 5.92 Å². The first-order valence-corrected chi connectivity index (χ1v) is 11.7. The number of methoxy groups -OCH3 is 1. The van der Waals surface area contributed by atoms with Gasteiger partial charge in [-0.3, -0.25) is 9.59 Å². The van der Waals surface area contributed by atoms with E-state index in [2.05, 4.69) is 6.92 Å². The molecule has 0 fully saturated rings. The first kappa shape index (κ1) is 26.2. The van der Waals surface area contributed by atoms with E-state index in [1.54, 1.807) is 27.0 Å². The second kappa shape index (κ2) is 14.2. The van der Waals surface area contributed by atoms with E-state index in [9.17, 15) is 9.59 Å². The summed E-state index contributed by atoms with van der Waals surface area (Å²) >= 11 is 0. The number of esters is 2. The summed E-state index contributed by atoms with van der Waals surface area (Å²) in [6.45, 7) is 6.39. The van der Waals surface area contributed by atoms with E-state index in [0.717, 1.165) is 30.4 Å². The van der Waals surface area contributed by atoms with E-state index in [1.807, 2.05) is 42.5 Å². The highest BCUT2D eigenvalue weighted by atomic mass is 16.6. The number of unbranched alkanes of at least 4 members (excludes halogenated alkanes) is 2. The predicted octanol–water partition coefficient (Wildman–Crippen LogP) is 5.68. The van der Waals surface area contributed by atoms with Gasteiger partial charge in [-0.1, -0.05) is 62.6 Å². The van der Waals surface area contributed by atoms with Crippen molar-refractivity contribution in [2.45, 2.75) is 59.0 Å². The van der Waals surface area contributed by atoms with Crippen LogP contribution in [0.2, 0.25) is 0 Å². The van der Waals surface area contributed by atoms with Crippen molar-refractivity contribution in [3.63, 3.8) is 0 Å². The van der Waals surface area contributed by atoms with Crippen molar-refractivity contribution in [2.75, 3.05) is 20.3 Å². The average Bonchev–Trinajstić information content (AvgIpc) is 2.83. The Morgan fingerprint density at radius 3 is 2.12 bits per heavy atom. The van der Waals surface area contributed by atoms with Crippen LogP contribution in [0.4, 0.5) is 0 Å². The number of rotatable bonds is 14. The van der Waals surface area contributed by atoms with Gasteiger partial charge in [0.2, 0.25) is 0 Å². The number of hydrogen-bond donors (Lipinski definition) is 0. The van der Waals surface area contributed by atoms with Crippen LogP contribution >= 0.6 is 0 Å². The molecule has 0 heterocycles. The number of carbonyl (C=O) groups excluding carboxylic acids is 2. The van der Waals surface area contributed by atoms with Crippen LogP contribution in [0.1, 0.15) is 63.5 Å². The van der Waals surface area contributed by atoms with Gasteiger partial charge in [0, 0.05) is 12.0 Å². The Labute approximate surface area is 197 Å². The molecule has 6 heteroatoms. The first-order valence-electron chi connectivity index (χ1n) is 11.7. The molecular weight excluding hydrogens is 420 g/mol. The zero-order chi connectivity index (χ0) is 24.1. The maximum Gasteiger partial charge on any atom is 0.320 e. The molecule has 0 amide bonds. The van der Waals surface area contributed by atoms with Gasteiger partial charge >= 0.3 is 11.9 Å². The van der Waals surface area contributed by atoms with Crippen LogP contribution in [0.5, 0.6) is 11.5 Å². The van der Waals surface area contributed by atoms with Crippen molar-refractivity contribution in [1.29, 1.82) is 0 Å². The molecule has 0 aliphatic carbocycles. The molecule has 2 rings (SSSR count). The molecule has 0 aliphatic heterocycles. The number of hydrogen-bond acceptors (Lipinski definition) is 6. The van der Waals surface area contributed by atoms with Gasteiger partial charge in [0.1, 0.15) is 18.1 Å². The molecule has 0 N–H and O–H groups in total. The van der Waals surface area contributed by atoms with Crippen LogP contribution in [-0.2, 0) is 25.7 Å². The quantitative estimate of drug-likeness (QED) is 0.207. The summed E-state index contributed by atoms with van der Waals surface area (Å²) < 4.78 is 22.1. The van der Waals surface area contributed by atoms with Crippen molar-refractivity contribution >= 4 is 11.9 Å². The topological polar surface area (TPSA) is 71.1 Å². The fourth-order valence-electron chi connectivity index (χ4n) is 3.83. The summed E-state index contributed by atoms with van der Waals surface area (Å²) in [6.07, 6.45) is 3.53. The van der Waals surface area contributed by atoms with E-state index in [1.165, 1.54) is 0 Å². The van der Waals surface area contributed by atoms with E-state index in [4.69, 9.17) is 18.9 Å². The maximum atomic E-state index is 12.8. The predicted molar refractivity (Wildman–Crippen MR) is 127 cm³/mol. The molecule has 2 aromatic rings. The molecule has 0 spiro atoms. The Morgan fingerprint density at radius 1 is 0.879 bits per heavy atom. The molecule has 0 bridgehead atoms. The second-order valence-corrected chi connectivity index (χ2v) is 7.76. The summed E-state index contributed by atoms with van der Waals surface area (Å²) in [4.78, 5) is 25.7. The number of ether oxygens (including phenoxy) is 4. The third kappa shape index (κ3) is 7.81.